The Morgan fingerprint density at radius 1 is 1.16 bits per heavy atom. The lowest BCUT2D eigenvalue weighted by Gasteiger charge is -2.35. The number of ether oxygens (including phenoxy) is 2. The standard InChI is InChI=1S/C24H31N3O5/c1-15(28)21-12-20(26-32-21)8-18-13-25-6-4-16(18)11-24(29)27-7-5-17-9-22(30-2)23(31-3)10-19(17)14-27/h9-10,12,16,18,25H,4-8,11,13-14H2,1-3H3/t16-,18+/m0/s1. The van der Waals surface area contributed by atoms with Gasteiger partial charge in [-0.1, -0.05) is 5.16 Å². The van der Waals surface area contributed by atoms with Crippen molar-refractivity contribution in [3.8, 4) is 11.5 Å². The number of rotatable bonds is 7. The molecule has 8 heteroatoms. The van der Waals surface area contributed by atoms with Crippen molar-refractivity contribution in [2.24, 2.45) is 11.8 Å². The van der Waals surface area contributed by atoms with Crippen LogP contribution in [0, 0.1) is 11.8 Å². The Labute approximate surface area is 188 Å². The van der Waals surface area contributed by atoms with E-state index in [-0.39, 0.29) is 29.3 Å². The predicted octanol–water partition coefficient (Wildman–Crippen LogP) is 2.64. The van der Waals surface area contributed by atoms with Gasteiger partial charge in [0.15, 0.2) is 17.3 Å². The van der Waals surface area contributed by atoms with Crippen LogP contribution in [0.4, 0.5) is 0 Å². The van der Waals surface area contributed by atoms with Gasteiger partial charge in [-0.15, -0.1) is 0 Å². The van der Waals surface area contributed by atoms with Crippen LogP contribution in [0.3, 0.4) is 0 Å². The molecule has 2 aliphatic heterocycles. The summed E-state index contributed by atoms with van der Waals surface area (Å²) in [5.41, 5.74) is 3.09. The summed E-state index contributed by atoms with van der Waals surface area (Å²) in [7, 11) is 3.26. The highest BCUT2D eigenvalue weighted by atomic mass is 16.5. The zero-order valence-electron chi connectivity index (χ0n) is 19.0. The highest BCUT2D eigenvalue weighted by Gasteiger charge is 2.31. The molecule has 0 unspecified atom stereocenters. The van der Waals surface area contributed by atoms with Gasteiger partial charge in [-0.3, -0.25) is 9.59 Å². The van der Waals surface area contributed by atoms with E-state index in [4.69, 9.17) is 14.0 Å². The molecule has 8 nitrogen and oxygen atoms in total. The van der Waals surface area contributed by atoms with Gasteiger partial charge in [0.25, 0.3) is 0 Å². The number of fused-ring (bicyclic) bond motifs is 1. The summed E-state index contributed by atoms with van der Waals surface area (Å²) in [6.07, 6.45) is 2.97. The van der Waals surface area contributed by atoms with E-state index in [2.05, 4.69) is 10.5 Å². The highest BCUT2D eigenvalue weighted by molar-refractivity contribution is 5.91. The van der Waals surface area contributed by atoms with Crippen molar-refractivity contribution in [1.82, 2.24) is 15.4 Å². The Hall–Kier alpha value is -2.87. The molecule has 0 saturated carbocycles. The average Bonchev–Trinajstić information content (AvgIpc) is 3.28. The third kappa shape index (κ3) is 4.80. The topological polar surface area (TPSA) is 93.9 Å². The smallest absolute Gasteiger partial charge is 0.223 e. The second-order valence-corrected chi connectivity index (χ2v) is 8.70. The van der Waals surface area contributed by atoms with E-state index in [0.29, 0.717) is 31.7 Å². The molecule has 1 saturated heterocycles. The quantitative estimate of drug-likeness (QED) is 0.660. The summed E-state index contributed by atoms with van der Waals surface area (Å²) in [6.45, 7) is 4.51. The van der Waals surface area contributed by atoms with Gasteiger partial charge in [0, 0.05) is 32.5 Å². The van der Waals surface area contributed by atoms with Crippen molar-refractivity contribution in [1.29, 1.82) is 0 Å². The molecule has 1 amide bonds. The summed E-state index contributed by atoms with van der Waals surface area (Å²) in [5, 5.41) is 7.48. The second kappa shape index (κ2) is 9.73. The summed E-state index contributed by atoms with van der Waals surface area (Å²) >= 11 is 0. The van der Waals surface area contributed by atoms with E-state index >= 15 is 0 Å². The second-order valence-electron chi connectivity index (χ2n) is 8.70. The van der Waals surface area contributed by atoms with Crippen molar-refractivity contribution in [3.63, 3.8) is 0 Å². The maximum Gasteiger partial charge on any atom is 0.223 e. The van der Waals surface area contributed by atoms with E-state index in [0.717, 1.165) is 42.9 Å². The number of ketones is 1. The molecule has 2 aliphatic rings. The Balaban J connectivity index is 1.41. The fourth-order valence-corrected chi connectivity index (χ4v) is 4.78. The molecule has 2 aromatic rings. The highest BCUT2D eigenvalue weighted by Crippen LogP contribution is 2.34. The zero-order chi connectivity index (χ0) is 22.7. The van der Waals surface area contributed by atoms with Gasteiger partial charge in [0.1, 0.15) is 0 Å². The number of benzene rings is 1. The molecule has 1 aromatic carbocycles. The lowest BCUT2D eigenvalue weighted by atomic mass is 9.80. The molecule has 0 radical (unpaired) electrons. The lowest BCUT2D eigenvalue weighted by molar-refractivity contribution is -0.133. The van der Waals surface area contributed by atoms with Crippen LogP contribution in [0.5, 0.6) is 11.5 Å². The largest absolute Gasteiger partial charge is 0.493 e. The number of aromatic nitrogens is 1. The number of hydrogen-bond acceptors (Lipinski definition) is 7. The molecule has 4 rings (SSSR count). The van der Waals surface area contributed by atoms with Crippen molar-refractivity contribution in [2.75, 3.05) is 33.9 Å². The Bertz CT molecular complexity index is 986. The van der Waals surface area contributed by atoms with Crippen LogP contribution in [-0.2, 0) is 24.2 Å². The van der Waals surface area contributed by atoms with Crippen LogP contribution in [0.1, 0.15) is 47.1 Å². The third-order valence-electron chi connectivity index (χ3n) is 6.65. The molecule has 1 aromatic heterocycles. The van der Waals surface area contributed by atoms with Gasteiger partial charge in [0.05, 0.1) is 19.9 Å². The molecule has 0 aliphatic carbocycles. The third-order valence-corrected chi connectivity index (χ3v) is 6.65. The number of nitrogens with one attached hydrogen (secondary N) is 1. The van der Waals surface area contributed by atoms with Crippen LogP contribution >= 0.6 is 0 Å². The molecule has 32 heavy (non-hydrogen) atoms. The maximum absolute atomic E-state index is 13.2. The molecule has 0 bridgehead atoms. The minimum absolute atomic E-state index is 0.128. The lowest BCUT2D eigenvalue weighted by Crippen LogP contribution is -2.42. The molecule has 3 heterocycles. The van der Waals surface area contributed by atoms with E-state index < -0.39 is 0 Å². The summed E-state index contributed by atoms with van der Waals surface area (Å²) in [6, 6.07) is 5.73. The van der Waals surface area contributed by atoms with Gasteiger partial charge in [-0.05, 0) is 67.4 Å². The summed E-state index contributed by atoms with van der Waals surface area (Å²) < 4.78 is 16.0. The van der Waals surface area contributed by atoms with Gasteiger partial charge < -0.3 is 24.2 Å². The molecular formula is C24H31N3O5. The fourth-order valence-electron chi connectivity index (χ4n) is 4.78. The first-order chi connectivity index (χ1) is 15.5. The van der Waals surface area contributed by atoms with Crippen LogP contribution < -0.4 is 14.8 Å². The van der Waals surface area contributed by atoms with Gasteiger partial charge in [-0.25, -0.2) is 0 Å². The maximum atomic E-state index is 13.2. The van der Waals surface area contributed by atoms with Crippen LogP contribution in [-0.4, -0.2) is 55.6 Å². The van der Waals surface area contributed by atoms with E-state index in [1.165, 1.54) is 12.5 Å². The van der Waals surface area contributed by atoms with Gasteiger partial charge in [0.2, 0.25) is 11.7 Å². The average molecular weight is 442 g/mol. The van der Waals surface area contributed by atoms with Crippen LogP contribution in [0.2, 0.25) is 0 Å². The zero-order valence-corrected chi connectivity index (χ0v) is 19.0. The molecular weight excluding hydrogens is 410 g/mol. The summed E-state index contributed by atoms with van der Waals surface area (Å²) in [5.74, 6) is 2.31. The van der Waals surface area contributed by atoms with Gasteiger partial charge in [-0.2, -0.15) is 0 Å². The van der Waals surface area contributed by atoms with E-state index in [9.17, 15) is 9.59 Å². The molecule has 1 fully saturated rings. The Morgan fingerprint density at radius 2 is 1.91 bits per heavy atom. The number of Topliss-reactive ketones (excluding diaryl/α,β-unsaturated/α-hetero) is 1. The first kappa shape index (κ1) is 22.3. The summed E-state index contributed by atoms with van der Waals surface area (Å²) in [4.78, 5) is 26.7. The van der Waals surface area contributed by atoms with Crippen LogP contribution in [0.25, 0.3) is 0 Å². The normalized spacial score (nSPS) is 20.5. The number of nitrogens with zero attached hydrogens (tertiary/aromatic N) is 2. The van der Waals surface area contributed by atoms with Gasteiger partial charge >= 0.3 is 0 Å². The minimum atomic E-state index is -0.128. The number of piperidine rings is 1. The minimum Gasteiger partial charge on any atom is -0.493 e. The monoisotopic (exact) mass is 441 g/mol. The Morgan fingerprint density at radius 3 is 2.59 bits per heavy atom. The number of carbonyl (C=O) groups is 2. The Kier molecular flexibility index (Phi) is 6.79. The number of carbonyl (C=O) groups excluding carboxylic acids is 2. The molecule has 1 N–H and O–H groups in total. The number of hydrogen-bond donors (Lipinski definition) is 1. The first-order valence-corrected chi connectivity index (χ1v) is 11.2. The SMILES string of the molecule is COc1cc2c(cc1OC)CN(C(=O)C[C@@H]1CCNC[C@H]1Cc1cc(C(C)=O)on1)CC2. The number of methoxy groups -OCH3 is 2. The first-order valence-electron chi connectivity index (χ1n) is 11.2. The predicted molar refractivity (Wildman–Crippen MR) is 118 cm³/mol. The van der Waals surface area contributed by atoms with Crippen molar-refractivity contribution < 1.29 is 23.6 Å². The molecule has 0 spiro atoms. The van der Waals surface area contributed by atoms with Crippen molar-refractivity contribution in [3.05, 3.63) is 40.8 Å². The van der Waals surface area contributed by atoms with Crippen LogP contribution in [0.15, 0.2) is 22.7 Å². The fraction of sp³-hybridized carbons (Fsp3) is 0.542. The molecule has 172 valence electrons. The number of amides is 1. The van der Waals surface area contributed by atoms with E-state index in [1.807, 2.05) is 17.0 Å². The van der Waals surface area contributed by atoms with Crippen molar-refractivity contribution >= 4 is 11.7 Å². The molecule has 2 atom stereocenters. The van der Waals surface area contributed by atoms with Crippen molar-refractivity contribution in [2.45, 2.75) is 39.2 Å². The van der Waals surface area contributed by atoms with E-state index in [1.54, 1.807) is 20.3 Å².